The summed E-state index contributed by atoms with van der Waals surface area (Å²) in [6, 6.07) is 16.7. The summed E-state index contributed by atoms with van der Waals surface area (Å²) >= 11 is 0. The molecule has 0 bridgehead atoms. The number of nitrogens with zero attached hydrogens (tertiary/aromatic N) is 8. The average Bonchev–Trinajstić information content (AvgIpc) is 3.47. The fourth-order valence-electron chi connectivity index (χ4n) is 6.03. The van der Waals surface area contributed by atoms with E-state index in [0.717, 1.165) is 24.6 Å². The Morgan fingerprint density at radius 2 is 1.95 bits per heavy atom. The normalized spacial score (nSPS) is 25.3. The molecule has 5 heterocycles. The highest BCUT2D eigenvalue weighted by molar-refractivity contribution is 5.90. The standard InChI is InChI=1S/C28H23FN8O2/c29-24-11-19(37-14-20(39-27(37)38)13-36-10-9-33-34-36)5-6-21(24)18-4-7-25(32-12-18)28(17-30)22-15-35(16-23(22)28)26-3-1-2-8-31-26/h1-12,20,22-23H,13-16H2/t20-,22-,23+,28?/m0/s1. The van der Waals surface area contributed by atoms with Gasteiger partial charge in [0.25, 0.3) is 0 Å². The molecular formula is C28H23FN8O2. The Hall–Kier alpha value is -4.85. The van der Waals surface area contributed by atoms with Gasteiger partial charge in [-0.15, -0.1) is 5.10 Å². The topological polar surface area (TPSA) is 113 Å². The second-order valence-electron chi connectivity index (χ2n) is 10.1. The minimum Gasteiger partial charge on any atom is -0.442 e. The summed E-state index contributed by atoms with van der Waals surface area (Å²) in [4.78, 5) is 25.1. The van der Waals surface area contributed by atoms with Gasteiger partial charge >= 0.3 is 6.09 Å². The summed E-state index contributed by atoms with van der Waals surface area (Å²) in [6.07, 6.45) is 5.69. The van der Waals surface area contributed by atoms with Crippen LogP contribution >= 0.6 is 0 Å². The molecule has 0 spiro atoms. The van der Waals surface area contributed by atoms with Crippen LogP contribution in [0.4, 0.5) is 20.7 Å². The van der Waals surface area contributed by atoms with Crippen molar-refractivity contribution in [2.24, 2.45) is 11.8 Å². The summed E-state index contributed by atoms with van der Waals surface area (Å²) in [6.45, 7) is 2.17. The first-order valence-electron chi connectivity index (χ1n) is 12.7. The number of ether oxygens (including phenoxy) is 1. The van der Waals surface area contributed by atoms with E-state index in [1.807, 2.05) is 30.3 Å². The molecule has 1 aliphatic carbocycles. The Morgan fingerprint density at radius 1 is 1.08 bits per heavy atom. The number of hydrogen-bond donors (Lipinski definition) is 0. The first-order valence-corrected chi connectivity index (χ1v) is 12.7. The van der Waals surface area contributed by atoms with Crippen LogP contribution in [0.2, 0.25) is 0 Å². The van der Waals surface area contributed by atoms with Crippen molar-refractivity contribution in [1.82, 2.24) is 25.0 Å². The number of nitriles is 1. The monoisotopic (exact) mass is 522 g/mol. The van der Waals surface area contributed by atoms with E-state index < -0.39 is 23.4 Å². The largest absolute Gasteiger partial charge is 0.442 e. The average molecular weight is 523 g/mol. The summed E-state index contributed by atoms with van der Waals surface area (Å²) in [7, 11) is 0. The zero-order chi connectivity index (χ0) is 26.6. The molecule has 10 nitrogen and oxygen atoms in total. The molecule has 0 N–H and O–H groups in total. The minimum absolute atomic E-state index is 0.187. The van der Waals surface area contributed by atoms with E-state index in [0.29, 0.717) is 23.4 Å². The molecule has 4 aromatic rings. The molecule has 39 heavy (non-hydrogen) atoms. The van der Waals surface area contributed by atoms with Crippen LogP contribution in [0, 0.1) is 29.0 Å². The lowest BCUT2D eigenvalue weighted by Crippen LogP contribution is -2.30. The van der Waals surface area contributed by atoms with Gasteiger partial charge in [-0.1, -0.05) is 17.3 Å². The highest BCUT2D eigenvalue weighted by Gasteiger charge is 2.71. The van der Waals surface area contributed by atoms with Gasteiger partial charge in [0, 0.05) is 54.6 Å². The van der Waals surface area contributed by atoms with Crippen molar-refractivity contribution in [1.29, 1.82) is 5.26 Å². The molecule has 1 unspecified atom stereocenters. The first kappa shape index (κ1) is 23.3. The van der Waals surface area contributed by atoms with Crippen molar-refractivity contribution in [2.45, 2.75) is 18.1 Å². The number of fused-ring (bicyclic) bond motifs is 1. The number of rotatable bonds is 6. The third kappa shape index (κ3) is 3.79. The molecule has 2 aliphatic heterocycles. The maximum absolute atomic E-state index is 15.2. The van der Waals surface area contributed by atoms with Gasteiger partial charge in [-0.2, -0.15) is 5.26 Å². The number of piperidine rings is 1. The SMILES string of the molecule is N#CC1(c2ccc(-c3ccc(N4C[C@H](Cn5ccnn5)OC4=O)cc3F)cn2)[C@@H]2CN(c3ccccn3)C[C@@H]21. The van der Waals surface area contributed by atoms with Crippen molar-refractivity contribution >= 4 is 17.6 Å². The van der Waals surface area contributed by atoms with Crippen LogP contribution in [-0.4, -0.2) is 56.8 Å². The van der Waals surface area contributed by atoms with Gasteiger partial charge in [0.15, 0.2) is 0 Å². The Bertz CT molecular complexity index is 1560. The van der Waals surface area contributed by atoms with Crippen LogP contribution in [0.1, 0.15) is 5.69 Å². The van der Waals surface area contributed by atoms with E-state index in [2.05, 4.69) is 31.2 Å². The number of carbonyl (C=O) groups is 1. The number of benzene rings is 1. The molecular weight excluding hydrogens is 499 g/mol. The molecule has 11 heteroatoms. The summed E-state index contributed by atoms with van der Waals surface area (Å²) in [5.74, 6) is 0.825. The Balaban J connectivity index is 1.05. The van der Waals surface area contributed by atoms with Gasteiger partial charge < -0.3 is 9.64 Å². The van der Waals surface area contributed by atoms with E-state index >= 15 is 4.39 Å². The second kappa shape index (κ2) is 8.87. The van der Waals surface area contributed by atoms with Crippen LogP contribution in [0.15, 0.2) is 73.3 Å². The summed E-state index contributed by atoms with van der Waals surface area (Å²) in [5.41, 5.74) is 1.49. The lowest BCUT2D eigenvalue weighted by atomic mass is 9.95. The third-order valence-corrected chi connectivity index (χ3v) is 8.04. The lowest BCUT2D eigenvalue weighted by molar-refractivity contribution is 0.129. The van der Waals surface area contributed by atoms with Gasteiger partial charge in [0.1, 0.15) is 23.2 Å². The van der Waals surface area contributed by atoms with E-state index in [1.54, 1.807) is 41.6 Å². The quantitative estimate of drug-likeness (QED) is 0.379. The van der Waals surface area contributed by atoms with Crippen molar-refractivity contribution in [3.05, 3.63) is 84.8 Å². The number of anilines is 2. The summed E-state index contributed by atoms with van der Waals surface area (Å²) in [5, 5.41) is 17.8. The molecule has 194 valence electrons. The highest BCUT2D eigenvalue weighted by Crippen LogP contribution is 2.63. The van der Waals surface area contributed by atoms with Crippen molar-refractivity contribution in [2.75, 3.05) is 29.4 Å². The maximum Gasteiger partial charge on any atom is 0.414 e. The molecule has 4 atom stereocenters. The lowest BCUT2D eigenvalue weighted by Gasteiger charge is -2.23. The van der Waals surface area contributed by atoms with Gasteiger partial charge in [-0.05, 0) is 36.4 Å². The van der Waals surface area contributed by atoms with Crippen molar-refractivity contribution < 1.29 is 13.9 Å². The van der Waals surface area contributed by atoms with E-state index in [-0.39, 0.29) is 18.4 Å². The molecule has 1 saturated carbocycles. The number of halogens is 1. The molecule has 1 amide bonds. The molecule has 3 fully saturated rings. The van der Waals surface area contributed by atoms with E-state index in [9.17, 15) is 10.1 Å². The van der Waals surface area contributed by atoms with E-state index in [4.69, 9.17) is 4.74 Å². The minimum atomic E-state index is -0.620. The van der Waals surface area contributed by atoms with Gasteiger partial charge in [-0.25, -0.2) is 18.9 Å². The number of aromatic nitrogens is 5. The molecule has 3 aromatic heterocycles. The smallest absolute Gasteiger partial charge is 0.414 e. The molecule has 2 saturated heterocycles. The third-order valence-electron chi connectivity index (χ3n) is 8.04. The van der Waals surface area contributed by atoms with Crippen LogP contribution < -0.4 is 9.80 Å². The predicted molar refractivity (Wildman–Crippen MR) is 138 cm³/mol. The molecule has 7 rings (SSSR count). The highest BCUT2D eigenvalue weighted by atomic mass is 19.1. The number of amides is 1. The van der Waals surface area contributed by atoms with Gasteiger partial charge in [0.2, 0.25) is 0 Å². The molecule has 0 radical (unpaired) electrons. The molecule has 3 aliphatic rings. The Labute approximate surface area is 223 Å². The fourth-order valence-corrected chi connectivity index (χ4v) is 6.03. The maximum atomic E-state index is 15.2. The summed E-state index contributed by atoms with van der Waals surface area (Å²) < 4.78 is 22.2. The van der Waals surface area contributed by atoms with Crippen LogP contribution in [0.3, 0.4) is 0 Å². The second-order valence-corrected chi connectivity index (χ2v) is 10.1. The number of hydrogen-bond acceptors (Lipinski definition) is 8. The predicted octanol–water partition coefficient (Wildman–Crippen LogP) is 3.43. The zero-order valence-electron chi connectivity index (χ0n) is 20.8. The molecule has 1 aromatic carbocycles. The number of cyclic esters (lactones) is 1. The fraction of sp³-hybridized carbons (Fsp3) is 0.286. The van der Waals surface area contributed by atoms with E-state index in [1.165, 1.54) is 11.0 Å². The van der Waals surface area contributed by atoms with Crippen LogP contribution in [-0.2, 0) is 16.7 Å². The zero-order valence-corrected chi connectivity index (χ0v) is 20.8. The van der Waals surface area contributed by atoms with Gasteiger partial charge in [0.05, 0.1) is 36.7 Å². The van der Waals surface area contributed by atoms with Gasteiger partial charge in [-0.3, -0.25) is 9.88 Å². The number of pyridine rings is 2. The Morgan fingerprint density at radius 3 is 2.62 bits per heavy atom. The van der Waals surface area contributed by atoms with Crippen molar-refractivity contribution in [3.8, 4) is 17.2 Å². The van der Waals surface area contributed by atoms with Crippen molar-refractivity contribution in [3.63, 3.8) is 0 Å². The Kier molecular flexibility index (Phi) is 5.30. The first-order chi connectivity index (χ1) is 19.1. The van der Waals surface area contributed by atoms with Crippen LogP contribution in [0.25, 0.3) is 11.1 Å². The van der Waals surface area contributed by atoms with Crippen LogP contribution in [0.5, 0.6) is 0 Å². The number of carbonyl (C=O) groups excluding carboxylic acids is 1.